The number of aromatic carboxylic acids is 1. The normalized spacial score (nSPS) is 15.3. The van der Waals surface area contributed by atoms with Crippen LogP contribution in [0.25, 0.3) is 6.08 Å². The van der Waals surface area contributed by atoms with Gasteiger partial charge in [-0.15, -0.1) is 0 Å². The summed E-state index contributed by atoms with van der Waals surface area (Å²) in [5, 5.41) is 28.1. The molecule has 1 heterocycles. The molecule has 1 saturated heterocycles. The zero-order valence-electron chi connectivity index (χ0n) is 20.7. The monoisotopic (exact) mass is 548 g/mol. The second-order valence-corrected chi connectivity index (χ2v) is 9.46. The summed E-state index contributed by atoms with van der Waals surface area (Å²) in [6, 6.07) is 27.8. The second kappa shape index (κ2) is 11.6. The van der Waals surface area contributed by atoms with E-state index in [2.05, 4.69) is 15.2 Å². The number of imide groups is 1. The SMILES string of the molecule is O=C(O)c1ccc(N=C2SC(=Cc3cc(/N=N/c4ccccc4)ccc3O)C(=O)N2C(=O)c2ccccc2)cc1. The van der Waals surface area contributed by atoms with E-state index in [1.54, 1.807) is 54.6 Å². The lowest BCUT2D eigenvalue weighted by Crippen LogP contribution is -2.35. The lowest BCUT2D eigenvalue weighted by Gasteiger charge is -2.13. The van der Waals surface area contributed by atoms with Crippen LogP contribution in [0.2, 0.25) is 0 Å². The Bertz CT molecular complexity index is 1680. The van der Waals surface area contributed by atoms with E-state index in [-0.39, 0.29) is 26.9 Å². The lowest BCUT2D eigenvalue weighted by molar-refractivity contribution is -0.120. The Morgan fingerprint density at radius 1 is 0.750 bits per heavy atom. The van der Waals surface area contributed by atoms with Gasteiger partial charge in [-0.3, -0.25) is 9.59 Å². The topological polar surface area (TPSA) is 132 Å². The number of carboxylic acids is 1. The van der Waals surface area contributed by atoms with Crippen LogP contribution in [0.5, 0.6) is 5.75 Å². The van der Waals surface area contributed by atoms with Gasteiger partial charge in [-0.05, 0) is 84.6 Å². The van der Waals surface area contributed by atoms with Crippen LogP contribution in [-0.2, 0) is 4.79 Å². The molecule has 9 nitrogen and oxygen atoms in total. The number of amidine groups is 1. The Hall–Kier alpha value is -5.35. The van der Waals surface area contributed by atoms with Gasteiger partial charge in [0.25, 0.3) is 11.8 Å². The minimum absolute atomic E-state index is 0.0803. The van der Waals surface area contributed by atoms with Crippen molar-refractivity contribution >= 4 is 57.9 Å². The number of amides is 2. The number of thioether (sulfide) groups is 1. The number of carbonyl (C=O) groups excluding carboxylic acids is 2. The van der Waals surface area contributed by atoms with Crippen LogP contribution in [0.3, 0.4) is 0 Å². The number of hydrogen-bond donors (Lipinski definition) is 2. The first-order chi connectivity index (χ1) is 19.4. The first kappa shape index (κ1) is 26.3. The number of nitrogens with zero attached hydrogens (tertiary/aromatic N) is 4. The maximum atomic E-state index is 13.5. The summed E-state index contributed by atoms with van der Waals surface area (Å²) in [7, 11) is 0. The molecular weight excluding hydrogens is 528 g/mol. The van der Waals surface area contributed by atoms with Crippen LogP contribution in [0.15, 0.2) is 123 Å². The molecule has 2 N–H and O–H groups in total. The summed E-state index contributed by atoms with van der Waals surface area (Å²) in [4.78, 5) is 43.7. The van der Waals surface area contributed by atoms with Crippen LogP contribution in [-0.4, -0.2) is 38.1 Å². The molecule has 2 amide bonds. The average molecular weight is 549 g/mol. The third-order valence-electron chi connectivity index (χ3n) is 5.70. The van der Waals surface area contributed by atoms with Crippen LogP contribution in [0.4, 0.5) is 17.1 Å². The first-order valence-electron chi connectivity index (χ1n) is 11.9. The number of aromatic hydroxyl groups is 1. The molecule has 0 aromatic heterocycles. The third kappa shape index (κ3) is 5.87. The minimum Gasteiger partial charge on any atom is -0.507 e. The van der Waals surface area contributed by atoms with Crippen molar-refractivity contribution < 1.29 is 24.6 Å². The molecule has 196 valence electrons. The second-order valence-electron chi connectivity index (χ2n) is 8.45. The van der Waals surface area contributed by atoms with E-state index in [1.165, 1.54) is 36.4 Å². The van der Waals surface area contributed by atoms with E-state index < -0.39 is 17.8 Å². The number of hydrogen-bond acceptors (Lipinski definition) is 8. The van der Waals surface area contributed by atoms with Crippen molar-refractivity contribution in [1.82, 2.24) is 4.90 Å². The highest BCUT2D eigenvalue weighted by atomic mass is 32.2. The van der Waals surface area contributed by atoms with E-state index in [0.717, 1.165) is 16.7 Å². The summed E-state index contributed by atoms with van der Waals surface area (Å²) < 4.78 is 0. The molecule has 0 aliphatic carbocycles. The van der Waals surface area contributed by atoms with Gasteiger partial charge in [0.2, 0.25) is 0 Å². The molecule has 4 aromatic carbocycles. The van der Waals surface area contributed by atoms with Crippen molar-refractivity contribution in [2.75, 3.05) is 0 Å². The number of azo groups is 1. The molecule has 1 fully saturated rings. The van der Waals surface area contributed by atoms with Gasteiger partial charge < -0.3 is 10.2 Å². The zero-order chi connectivity index (χ0) is 28.1. The maximum Gasteiger partial charge on any atom is 0.335 e. The molecule has 4 aromatic rings. The molecule has 1 aliphatic rings. The van der Waals surface area contributed by atoms with Gasteiger partial charge in [0.1, 0.15) is 5.75 Å². The molecule has 0 bridgehead atoms. The fraction of sp³-hybridized carbons (Fsp3) is 0. The molecule has 1 aliphatic heterocycles. The average Bonchev–Trinajstić information content (AvgIpc) is 3.28. The van der Waals surface area contributed by atoms with E-state index in [4.69, 9.17) is 5.11 Å². The van der Waals surface area contributed by atoms with Crippen molar-refractivity contribution in [2.24, 2.45) is 15.2 Å². The standard InChI is InChI=1S/C30H20N4O5S/c35-25-16-15-24(33-32-23-9-5-2-6-10-23)17-21(25)18-26-28(37)34(27(36)19-7-3-1-4-8-19)30(40-26)31-22-13-11-20(12-14-22)29(38)39/h1-18,35H,(H,38,39)/b26-18?,31-30?,33-32+. The fourth-order valence-corrected chi connectivity index (χ4v) is 4.67. The van der Waals surface area contributed by atoms with E-state index in [0.29, 0.717) is 22.6 Å². The molecular formula is C30H20N4O5S. The van der Waals surface area contributed by atoms with Gasteiger partial charge in [-0.1, -0.05) is 36.4 Å². The molecule has 10 heteroatoms. The number of benzene rings is 4. The van der Waals surface area contributed by atoms with Gasteiger partial charge in [-0.2, -0.15) is 10.2 Å². The van der Waals surface area contributed by atoms with Crippen LogP contribution >= 0.6 is 11.8 Å². The molecule has 5 rings (SSSR count). The smallest absolute Gasteiger partial charge is 0.335 e. The molecule has 0 atom stereocenters. The fourth-order valence-electron chi connectivity index (χ4n) is 3.70. The number of phenolic OH excluding ortho intramolecular Hbond substituents is 1. The Morgan fingerprint density at radius 2 is 1.38 bits per heavy atom. The summed E-state index contributed by atoms with van der Waals surface area (Å²) >= 11 is 0.960. The highest BCUT2D eigenvalue weighted by Crippen LogP contribution is 2.37. The first-order valence-corrected chi connectivity index (χ1v) is 12.8. The van der Waals surface area contributed by atoms with E-state index in [1.807, 2.05) is 18.2 Å². The Labute approximate surface area is 232 Å². The summed E-state index contributed by atoms with van der Waals surface area (Å²) in [6.07, 6.45) is 1.46. The van der Waals surface area contributed by atoms with Gasteiger partial charge >= 0.3 is 5.97 Å². The summed E-state index contributed by atoms with van der Waals surface area (Å²) in [5.74, 6) is -2.36. The van der Waals surface area contributed by atoms with Crippen LogP contribution in [0.1, 0.15) is 26.3 Å². The zero-order valence-corrected chi connectivity index (χ0v) is 21.5. The number of carbonyl (C=O) groups is 3. The number of carboxylic acid groups (broad SMARTS) is 1. The summed E-state index contributed by atoms with van der Waals surface area (Å²) in [5.41, 5.74) is 2.14. The van der Waals surface area contributed by atoms with Crippen molar-refractivity contribution in [2.45, 2.75) is 0 Å². The Morgan fingerprint density at radius 3 is 2.05 bits per heavy atom. The van der Waals surface area contributed by atoms with Crippen molar-refractivity contribution in [3.8, 4) is 5.75 Å². The number of aliphatic imine (C=N–C) groups is 1. The maximum absolute atomic E-state index is 13.5. The number of rotatable bonds is 6. The molecule has 0 spiro atoms. The molecule has 0 radical (unpaired) electrons. The quantitative estimate of drug-likeness (QED) is 0.152. The Kier molecular flexibility index (Phi) is 7.61. The van der Waals surface area contributed by atoms with Gasteiger partial charge in [0.05, 0.1) is 27.5 Å². The van der Waals surface area contributed by atoms with Crippen LogP contribution in [0, 0.1) is 0 Å². The largest absolute Gasteiger partial charge is 0.507 e. The summed E-state index contributed by atoms with van der Waals surface area (Å²) in [6.45, 7) is 0. The highest BCUT2D eigenvalue weighted by Gasteiger charge is 2.38. The molecule has 0 unspecified atom stereocenters. The predicted molar refractivity (Wildman–Crippen MR) is 152 cm³/mol. The molecule has 0 saturated carbocycles. The van der Waals surface area contributed by atoms with Gasteiger partial charge in [0.15, 0.2) is 5.17 Å². The minimum atomic E-state index is -1.08. The van der Waals surface area contributed by atoms with Gasteiger partial charge in [0, 0.05) is 11.1 Å². The van der Waals surface area contributed by atoms with Crippen molar-refractivity contribution in [1.29, 1.82) is 0 Å². The molecule has 40 heavy (non-hydrogen) atoms. The van der Waals surface area contributed by atoms with Gasteiger partial charge in [-0.25, -0.2) is 14.7 Å². The predicted octanol–water partition coefficient (Wildman–Crippen LogP) is 6.95. The number of phenols is 1. The van der Waals surface area contributed by atoms with Crippen LogP contribution < -0.4 is 0 Å². The highest BCUT2D eigenvalue weighted by molar-refractivity contribution is 8.18. The third-order valence-corrected chi connectivity index (χ3v) is 6.67. The van der Waals surface area contributed by atoms with Crippen molar-refractivity contribution in [3.05, 3.63) is 125 Å². The van der Waals surface area contributed by atoms with E-state index in [9.17, 15) is 19.5 Å². The lowest BCUT2D eigenvalue weighted by atomic mass is 10.1. The van der Waals surface area contributed by atoms with Crippen molar-refractivity contribution in [3.63, 3.8) is 0 Å². The van der Waals surface area contributed by atoms with E-state index >= 15 is 0 Å². The Balaban J connectivity index is 1.51.